The largest absolute Gasteiger partial charge is 0.509 e. The van der Waals surface area contributed by atoms with Gasteiger partial charge in [0.05, 0.1) is 0 Å². The van der Waals surface area contributed by atoms with Gasteiger partial charge in [-0.3, -0.25) is 0 Å². The molecule has 0 unspecified atom stereocenters. The molecule has 0 aromatic carbocycles. The van der Waals surface area contributed by atoms with Crippen LogP contribution in [0.15, 0.2) is 0 Å². The molecule has 0 aliphatic heterocycles. The van der Waals surface area contributed by atoms with Crippen LogP contribution in [0.2, 0.25) is 0 Å². The topological polar surface area (TPSA) is 35.5 Å². The van der Waals surface area contributed by atoms with Crippen LogP contribution < -0.4 is 0 Å². The van der Waals surface area contributed by atoms with Crippen LogP contribution in [0.3, 0.4) is 0 Å². The van der Waals surface area contributed by atoms with Crippen LogP contribution in [-0.4, -0.2) is 48.2 Å². The summed E-state index contributed by atoms with van der Waals surface area (Å²) in [5, 5.41) is 0. The van der Waals surface area contributed by atoms with Crippen molar-refractivity contribution in [3.05, 3.63) is 0 Å². The first-order valence-electron chi connectivity index (χ1n) is 6.04. The Morgan fingerprint density at radius 3 is 1.44 bits per heavy atom. The van der Waals surface area contributed by atoms with Gasteiger partial charge in [-0.1, -0.05) is 0 Å². The highest BCUT2D eigenvalue weighted by molar-refractivity contribution is 5.60. The first-order chi connectivity index (χ1) is 10.6. The molecule has 0 radical (unpaired) electrons. The van der Waals surface area contributed by atoms with Gasteiger partial charge >= 0.3 is 36.0 Å². The third-order valence-electron chi connectivity index (χ3n) is 2.36. The Bertz CT molecular complexity index is 490. The predicted octanol–water partition coefficient (Wildman–Crippen LogP) is 5.04. The molecule has 0 saturated carbocycles. The molecular formula is C11H11F11O3. The Hall–Kier alpha value is -1.50. The number of carbonyl (C=O) groups excluding carboxylic acids is 1. The van der Waals surface area contributed by atoms with Crippen molar-refractivity contribution in [3.8, 4) is 0 Å². The Morgan fingerprint density at radius 2 is 1.12 bits per heavy atom. The van der Waals surface area contributed by atoms with Crippen LogP contribution >= 0.6 is 0 Å². The molecule has 0 aliphatic rings. The molecule has 0 aromatic rings. The molecular weight excluding hydrogens is 389 g/mol. The fraction of sp³-hybridized carbons (Fsp3) is 0.909. The van der Waals surface area contributed by atoms with Gasteiger partial charge in [0.1, 0.15) is 5.60 Å². The number of alkyl halides is 11. The third kappa shape index (κ3) is 4.57. The van der Waals surface area contributed by atoms with Crippen LogP contribution in [0.4, 0.5) is 53.1 Å². The average molecular weight is 400 g/mol. The number of halogens is 11. The summed E-state index contributed by atoms with van der Waals surface area (Å²) in [4.78, 5) is 10.9. The predicted molar refractivity (Wildman–Crippen MR) is 58.0 cm³/mol. The number of hydrogen-bond donors (Lipinski definition) is 0. The van der Waals surface area contributed by atoms with Gasteiger partial charge < -0.3 is 9.47 Å². The van der Waals surface area contributed by atoms with Crippen molar-refractivity contribution in [3.63, 3.8) is 0 Å². The van der Waals surface area contributed by atoms with Crippen LogP contribution in [0.25, 0.3) is 0 Å². The van der Waals surface area contributed by atoms with Gasteiger partial charge in [0.2, 0.25) is 0 Å². The van der Waals surface area contributed by atoms with Crippen molar-refractivity contribution < 1.29 is 62.6 Å². The minimum absolute atomic E-state index is 1.17. The normalized spacial score (nSPS) is 15.1. The van der Waals surface area contributed by atoms with E-state index in [1.165, 1.54) is 20.8 Å². The summed E-state index contributed by atoms with van der Waals surface area (Å²) in [5.41, 5.74) is -1.39. The van der Waals surface area contributed by atoms with Gasteiger partial charge in [0.25, 0.3) is 0 Å². The van der Waals surface area contributed by atoms with Crippen molar-refractivity contribution in [1.29, 1.82) is 0 Å². The molecule has 0 atom stereocenters. The molecule has 0 fully saturated rings. The van der Waals surface area contributed by atoms with E-state index in [1.54, 1.807) is 0 Å². The van der Waals surface area contributed by atoms with Crippen LogP contribution in [0.5, 0.6) is 0 Å². The number of hydrogen-bond acceptors (Lipinski definition) is 3. The Kier molecular flexibility index (Phi) is 5.96. The van der Waals surface area contributed by atoms with Gasteiger partial charge in [-0.2, -0.15) is 48.3 Å². The molecule has 0 saturated heterocycles. The van der Waals surface area contributed by atoms with Crippen LogP contribution in [-0.2, 0) is 9.47 Å². The van der Waals surface area contributed by atoms with Gasteiger partial charge in [0.15, 0.2) is 6.61 Å². The SMILES string of the molecule is CC(C)(C)OC(=O)OCC(F)(F)C(F)(F)C(F)(F)C(F)(F)C(F)(F)F. The van der Waals surface area contributed by atoms with E-state index in [4.69, 9.17) is 0 Å². The summed E-state index contributed by atoms with van der Waals surface area (Å²) < 4.78 is 146. The molecule has 0 rings (SSSR count). The molecule has 0 N–H and O–H groups in total. The second kappa shape index (κ2) is 6.34. The lowest BCUT2D eigenvalue weighted by Crippen LogP contribution is -2.67. The lowest BCUT2D eigenvalue weighted by molar-refractivity contribution is -0.423. The summed E-state index contributed by atoms with van der Waals surface area (Å²) in [6, 6.07) is 0. The molecule has 0 aliphatic carbocycles. The lowest BCUT2D eigenvalue weighted by Gasteiger charge is -2.36. The van der Waals surface area contributed by atoms with Crippen molar-refractivity contribution in [1.82, 2.24) is 0 Å². The highest BCUT2D eigenvalue weighted by Gasteiger charge is 2.87. The van der Waals surface area contributed by atoms with Gasteiger partial charge in [-0.05, 0) is 20.8 Å². The fourth-order valence-electron chi connectivity index (χ4n) is 1.12. The van der Waals surface area contributed by atoms with E-state index in [1.807, 2.05) is 0 Å². The quantitative estimate of drug-likeness (QED) is 0.479. The van der Waals surface area contributed by atoms with E-state index in [-0.39, 0.29) is 0 Å². The zero-order valence-corrected chi connectivity index (χ0v) is 12.6. The number of carbonyl (C=O) groups is 1. The minimum Gasteiger partial charge on any atom is -0.429 e. The van der Waals surface area contributed by atoms with Crippen LogP contribution in [0.1, 0.15) is 20.8 Å². The molecule has 0 aromatic heterocycles. The van der Waals surface area contributed by atoms with E-state index < -0.39 is 48.2 Å². The van der Waals surface area contributed by atoms with E-state index in [0.717, 1.165) is 0 Å². The molecule has 25 heavy (non-hydrogen) atoms. The molecule has 150 valence electrons. The van der Waals surface area contributed by atoms with E-state index >= 15 is 0 Å². The van der Waals surface area contributed by atoms with E-state index in [9.17, 15) is 53.1 Å². The van der Waals surface area contributed by atoms with E-state index in [2.05, 4.69) is 9.47 Å². The van der Waals surface area contributed by atoms with Crippen LogP contribution in [0, 0.1) is 0 Å². The summed E-state index contributed by atoms with van der Waals surface area (Å²) in [6.07, 6.45) is -9.31. The Morgan fingerprint density at radius 1 is 0.720 bits per heavy atom. The number of ether oxygens (including phenoxy) is 2. The summed E-state index contributed by atoms with van der Waals surface area (Å²) in [6.45, 7) is 0.565. The third-order valence-corrected chi connectivity index (χ3v) is 2.36. The Labute approximate surface area is 133 Å². The van der Waals surface area contributed by atoms with Gasteiger partial charge in [-0.25, -0.2) is 4.79 Å². The molecule has 3 nitrogen and oxygen atoms in total. The highest BCUT2D eigenvalue weighted by atomic mass is 19.4. The zero-order valence-electron chi connectivity index (χ0n) is 12.6. The maximum Gasteiger partial charge on any atom is 0.509 e. The lowest BCUT2D eigenvalue weighted by atomic mass is 9.98. The van der Waals surface area contributed by atoms with Crippen molar-refractivity contribution in [2.45, 2.75) is 56.2 Å². The maximum atomic E-state index is 13.1. The highest BCUT2D eigenvalue weighted by Crippen LogP contribution is 2.57. The second-order valence-corrected chi connectivity index (χ2v) is 5.68. The van der Waals surface area contributed by atoms with Crippen molar-refractivity contribution >= 4 is 6.16 Å². The minimum atomic E-state index is -7.54. The standard InChI is InChI=1S/C11H11F11O3/c1-6(2,3)25-5(23)24-4-7(12,13)8(14,15)9(16,17)10(18,19)11(20,21)22/h4H2,1-3H3. The summed E-state index contributed by atoms with van der Waals surface area (Å²) >= 11 is 0. The average Bonchev–Trinajstić information content (AvgIpc) is 2.32. The fourth-order valence-corrected chi connectivity index (χ4v) is 1.12. The van der Waals surface area contributed by atoms with Crippen molar-refractivity contribution in [2.24, 2.45) is 0 Å². The number of rotatable bonds is 5. The Balaban J connectivity index is 5.50. The maximum absolute atomic E-state index is 13.1. The zero-order chi connectivity index (χ0) is 20.7. The first-order valence-corrected chi connectivity index (χ1v) is 6.04. The molecule has 0 bridgehead atoms. The summed E-state index contributed by atoms with van der Waals surface area (Å²) in [5.74, 6) is -28.5. The smallest absolute Gasteiger partial charge is 0.429 e. The first kappa shape index (κ1) is 23.5. The molecule has 14 heteroatoms. The van der Waals surface area contributed by atoms with Crippen molar-refractivity contribution in [2.75, 3.05) is 6.61 Å². The molecule has 0 heterocycles. The van der Waals surface area contributed by atoms with Gasteiger partial charge in [-0.15, -0.1) is 0 Å². The second-order valence-electron chi connectivity index (χ2n) is 5.68. The monoisotopic (exact) mass is 400 g/mol. The van der Waals surface area contributed by atoms with Gasteiger partial charge in [0, 0.05) is 0 Å². The molecule has 0 amide bonds. The van der Waals surface area contributed by atoms with E-state index in [0.29, 0.717) is 0 Å². The summed E-state index contributed by atoms with van der Waals surface area (Å²) in [7, 11) is 0. The molecule has 0 spiro atoms.